The molecule has 170 valence electrons. The number of furan rings is 1. The molecule has 4 rings (SSSR count). The Bertz CT molecular complexity index is 1330. The lowest BCUT2D eigenvalue weighted by molar-refractivity contribution is 0.102. The maximum Gasteiger partial charge on any atom is 0.322 e. The normalized spacial score (nSPS) is 11.5. The summed E-state index contributed by atoms with van der Waals surface area (Å²) >= 11 is 0. The number of carbonyl (C=O) groups excluding carboxylic acids is 1. The molecule has 1 N–H and O–H groups in total. The van der Waals surface area contributed by atoms with E-state index in [0.29, 0.717) is 17.1 Å². The van der Waals surface area contributed by atoms with E-state index in [1.54, 1.807) is 43.5 Å². The van der Waals surface area contributed by atoms with Gasteiger partial charge in [-0.1, -0.05) is 5.10 Å². The lowest BCUT2D eigenvalue weighted by Gasteiger charge is -2.16. The fourth-order valence-electron chi connectivity index (χ4n) is 2.96. The Labute approximate surface area is 189 Å². The number of methoxy groups -OCH3 is 1. The van der Waals surface area contributed by atoms with Crippen LogP contribution in [0.15, 0.2) is 80.7 Å². The second-order valence-corrected chi connectivity index (χ2v) is 9.00. The van der Waals surface area contributed by atoms with Crippen molar-refractivity contribution >= 4 is 21.9 Å². The van der Waals surface area contributed by atoms with Crippen molar-refractivity contribution in [2.45, 2.75) is 11.4 Å². The molecule has 0 saturated carbocycles. The van der Waals surface area contributed by atoms with Gasteiger partial charge in [0.05, 0.1) is 24.8 Å². The Morgan fingerprint density at radius 2 is 1.79 bits per heavy atom. The molecule has 0 aliphatic heterocycles. The topological polar surface area (TPSA) is 128 Å². The maximum atomic E-state index is 12.8. The van der Waals surface area contributed by atoms with Gasteiger partial charge < -0.3 is 13.6 Å². The van der Waals surface area contributed by atoms with Crippen LogP contribution in [0.5, 0.6) is 5.75 Å². The van der Waals surface area contributed by atoms with E-state index >= 15 is 0 Å². The van der Waals surface area contributed by atoms with Gasteiger partial charge in [-0.3, -0.25) is 10.1 Å². The highest BCUT2D eigenvalue weighted by Crippen LogP contribution is 2.23. The number of nitrogens with one attached hydrogen (secondary N) is 1. The van der Waals surface area contributed by atoms with Crippen molar-refractivity contribution in [1.82, 2.24) is 14.5 Å². The minimum atomic E-state index is -3.76. The SMILES string of the molecule is COc1ccc(-c2nnc(NC(=O)c3ccc(S(=O)(=O)N(C)Cc4ccco4)cc3)o2)cc1. The summed E-state index contributed by atoms with van der Waals surface area (Å²) < 4.78 is 42.5. The minimum absolute atomic E-state index is 0.0488. The van der Waals surface area contributed by atoms with Gasteiger partial charge in [-0.15, -0.1) is 5.10 Å². The molecule has 33 heavy (non-hydrogen) atoms. The van der Waals surface area contributed by atoms with E-state index in [2.05, 4.69) is 15.5 Å². The van der Waals surface area contributed by atoms with Gasteiger partial charge in [-0.05, 0) is 60.7 Å². The Hall–Kier alpha value is -3.96. The summed E-state index contributed by atoms with van der Waals surface area (Å²) in [6, 6.07) is 15.8. The number of hydrogen-bond acceptors (Lipinski definition) is 8. The third-order valence-corrected chi connectivity index (χ3v) is 6.58. The van der Waals surface area contributed by atoms with E-state index in [9.17, 15) is 13.2 Å². The van der Waals surface area contributed by atoms with Crippen molar-refractivity contribution in [2.75, 3.05) is 19.5 Å². The number of carbonyl (C=O) groups is 1. The second-order valence-electron chi connectivity index (χ2n) is 6.96. The minimum Gasteiger partial charge on any atom is -0.497 e. The Morgan fingerprint density at radius 3 is 2.42 bits per heavy atom. The molecule has 0 unspecified atom stereocenters. The van der Waals surface area contributed by atoms with Gasteiger partial charge >= 0.3 is 6.01 Å². The molecular weight excluding hydrogens is 448 g/mol. The van der Waals surface area contributed by atoms with Crippen molar-refractivity contribution in [3.8, 4) is 17.2 Å². The zero-order valence-corrected chi connectivity index (χ0v) is 18.6. The Kier molecular flexibility index (Phi) is 6.24. The van der Waals surface area contributed by atoms with Gasteiger partial charge in [0.1, 0.15) is 11.5 Å². The fourth-order valence-corrected chi connectivity index (χ4v) is 4.10. The van der Waals surface area contributed by atoms with E-state index in [0.717, 1.165) is 0 Å². The highest BCUT2D eigenvalue weighted by atomic mass is 32.2. The number of amides is 1. The molecule has 11 heteroatoms. The first-order valence-corrected chi connectivity index (χ1v) is 11.2. The molecule has 0 saturated heterocycles. The predicted molar refractivity (Wildman–Crippen MR) is 118 cm³/mol. The van der Waals surface area contributed by atoms with E-state index in [1.165, 1.54) is 41.9 Å². The molecule has 0 atom stereocenters. The average molecular weight is 468 g/mol. The summed E-state index contributed by atoms with van der Waals surface area (Å²) in [6.07, 6.45) is 1.48. The van der Waals surface area contributed by atoms with Crippen LogP contribution in [0.25, 0.3) is 11.5 Å². The van der Waals surface area contributed by atoms with Crippen LogP contribution in [0.3, 0.4) is 0 Å². The van der Waals surface area contributed by atoms with Gasteiger partial charge in [0.15, 0.2) is 0 Å². The van der Waals surface area contributed by atoms with Gasteiger partial charge in [0.2, 0.25) is 15.9 Å². The number of benzene rings is 2. The molecule has 2 aromatic heterocycles. The first-order chi connectivity index (χ1) is 15.9. The molecular formula is C22H20N4O6S. The van der Waals surface area contributed by atoms with Crippen LogP contribution >= 0.6 is 0 Å². The highest BCUT2D eigenvalue weighted by Gasteiger charge is 2.22. The van der Waals surface area contributed by atoms with E-state index in [1.807, 2.05) is 0 Å². The number of anilines is 1. The largest absolute Gasteiger partial charge is 0.497 e. The maximum absolute atomic E-state index is 12.8. The van der Waals surface area contributed by atoms with Crippen molar-refractivity contribution in [2.24, 2.45) is 0 Å². The molecule has 0 spiro atoms. The lowest BCUT2D eigenvalue weighted by Crippen LogP contribution is -2.26. The third-order valence-electron chi connectivity index (χ3n) is 4.77. The standard InChI is InChI=1S/C22H20N4O6S/c1-26(14-18-4-3-13-31-18)33(28,29)19-11-7-15(8-12-19)20(27)23-22-25-24-21(32-22)16-5-9-17(30-2)10-6-16/h3-13H,14H2,1-2H3,(H,23,25,27). The quantitative estimate of drug-likeness (QED) is 0.417. The highest BCUT2D eigenvalue weighted by molar-refractivity contribution is 7.89. The van der Waals surface area contributed by atoms with E-state index in [4.69, 9.17) is 13.6 Å². The summed E-state index contributed by atoms with van der Waals surface area (Å²) in [7, 11) is -0.738. The zero-order valence-electron chi connectivity index (χ0n) is 17.8. The van der Waals surface area contributed by atoms with Gasteiger partial charge in [0, 0.05) is 18.2 Å². The summed E-state index contributed by atoms with van der Waals surface area (Å²) in [4.78, 5) is 12.6. The molecule has 2 heterocycles. The average Bonchev–Trinajstić information content (AvgIpc) is 3.51. The van der Waals surface area contributed by atoms with Crippen LogP contribution in [-0.2, 0) is 16.6 Å². The molecule has 4 aromatic rings. The van der Waals surface area contributed by atoms with Crippen LogP contribution in [0.4, 0.5) is 6.01 Å². The zero-order chi connectivity index (χ0) is 23.4. The van der Waals surface area contributed by atoms with E-state index < -0.39 is 15.9 Å². The van der Waals surface area contributed by atoms with Crippen LogP contribution in [-0.4, -0.2) is 43.0 Å². The second kappa shape index (κ2) is 9.27. The van der Waals surface area contributed by atoms with Crippen molar-refractivity contribution in [3.63, 3.8) is 0 Å². The Morgan fingerprint density at radius 1 is 1.06 bits per heavy atom. The molecule has 0 radical (unpaired) electrons. The molecule has 2 aromatic carbocycles. The number of ether oxygens (including phenoxy) is 1. The molecule has 0 fully saturated rings. The number of sulfonamides is 1. The summed E-state index contributed by atoms with van der Waals surface area (Å²) in [5.41, 5.74) is 0.892. The number of aromatic nitrogens is 2. The first kappa shape index (κ1) is 22.2. The number of nitrogens with zero attached hydrogens (tertiary/aromatic N) is 3. The fraction of sp³-hybridized carbons (Fsp3) is 0.136. The van der Waals surface area contributed by atoms with Crippen LogP contribution in [0.2, 0.25) is 0 Å². The number of rotatable bonds is 8. The van der Waals surface area contributed by atoms with Crippen molar-refractivity contribution < 1.29 is 26.8 Å². The third kappa shape index (κ3) is 4.94. The van der Waals surface area contributed by atoms with Crippen molar-refractivity contribution in [3.05, 3.63) is 78.3 Å². The van der Waals surface area contributed by atoms with Crippen molar-refractivity contribution in [1.29, 1.82) is 0 Å². The van der Waals surface area contributed by atoms with Crippen LogP contribution < -0.4 is 10.1 Å². The van der Waals surface area contributed by atoms with Gasteiger partial charge in [-0.25, -0.2) is 8.42 Å². The Balaban J connectivity index is 1.42. The smallest absolute Gasteiger partial charge is 0.322 e. The first-order valence-electron chi connectivity index (χ1n) is 9.75. The van der Waals surface area contributed by atoms with Crippen LogP contribution in [0.1, 0.15) is 16.1 Å². The molecule has 10 nitrogen and oxygen atoms in total. The molecule has 0 aliphatic carbocycles. The van der Waals surface area contributed by atoms with Gasteiger partial charge in [-0.2, -0.15) is 4.31 Å². The van der Waals surface area contributed by atoms with E-state index in [-0.39, 0.29) is 28.9 Å². The summed E-state index contributed by atoms with van der Waals surface area (Å²) in [6.45, 7) is 0.0886. The summed E-state index contributed by atoms with van der Waals surface area (Å²) in [5.74, 6) is 0.914. The van der Waals surface area contributed by atoms with Crippen LogP contribution in [0, 0.1) is 0 Å². The predicted octanol–water partition coefficient (Wildman–Crippen LogP) is 3.41. The monoisotopic (exact) mass is 468 g/mol. The molecule has 0 bridgehead atoms. The molecule has 1 amide bonds. The summed E-state index contributed by atoms with van der Waals surface area (Å²) in [5, 5.41) is 10.3. The molecule has 0 aliphatic rings. The lowest BCUT2D eigenvalue weighted by atomic mass is 10.2. The van der Waals surface area contributed by atoms with Gasteiger partial charge in [0.25, 0.3) is 5.91 Å². The number of hydrogen-bond donors (Lipinski definition) is 1.